The molecule has 0 bridgehead atoms. The van der Waals surface area contributed by atoms with Crippen LogP contribution in [-0.4, -0.2) is 40.3 Å². The van der Waals surface area contributed by atoms with Gasteiger partial charge < -0.3 is 20.1 Å². The standard InChI is InChI=1S/C20H28O5.H2O/c1-6-11(2)17(21)25-16-7-8-19(4)10-14-13(12(3)18(22)24-14)9-15(19)20(16,5)23;/h6,14-16,23H,7-10H2,1-5H3;1H2/b11-6-;/t14-,15+,16-,19+,20-;/m0./s1. The zero-order valence-electron chi connectivity index (χ0n) is 16.2. The fraction of sp³-hybridized carbons (Fsp3) is 0.700. The number of hydrogen-bond donors (Lipinski definition) is 1. The van der Waals surface area contributed by atoms with Crippen LogP contribution in [0.5, 0.6) is 0 Å². The Bertz CT molecular complexity index is 674. The first kappa shape index (κ1) is 20.6. The zero-order chi connectivity index (χ0) is 18.6. The Labute approximate surface area is 154 Å². The Kier molecular flexibility index (Phi) is 5.41. The number of fused-ring (bicyclic) bond motifs is 2. The topological polar surface area (TPSA) is 104 Å². The van der Waals surface area contributed by atoms with Crippen LogP contribution in [0.15, 0.2) is 22.8 Å². The van der Waals surface area contributed by atoms with Gasteiger partial charge in [-0.15, -0.1) is 0 Å². The average molecular weight is 366 g/mol. The lowest BCUT2D eigenvalue weighted by molar-refractivity contribution is -0.201. The van der Waals surface area contributed by atoms with Gasteiger partial charge in [-0.2, -0.15) is 0 Å². The van der Waals surface area contributed by atoms with Crippen molar-refractivity contribution in [3.05, 3.63) is 22.8 Å². The maximum atomic E-state index is 12.2. The first-order valence-corrected chi connectivity index (χ1v) is 9.07. The van der Waals surface area contributed by atoms with Gasteiger partial charge in [0.25, 0.3) is 0 Å². The molecule has 2 saturated carbocycles. The summed E-state index contributed by atoms with van der Waals surface area (Å²) < 4.78 is 11.2. The van der Waals surface area contributed by atoms with E-state index in [1.165, 1.54) is 0 Å². The van der Waals surface area contributed by atoms with E-state index in [2.05, 4.69) is 6.92 Å². The van der Waals surface area contributed by atoms with E-state index in [9.17, 15) is 14.7 Å². The molecule has 0 spiro atoms. The second kappa shape index (κ2) is 6.82. The predicted molar refractivity (Wildman–Crippen MR) is 96.2 cm³/mol. The van der Waals surface area contributed by atoms with Gasteiger partial charge in [-0.3, -0.25) is 0 Å². The SMILES string of the molecule is C/C=C(/C)C(=O)O[C@H]1CC[C@]2(C)C[C@@H]3OC(=O)C(C)=C3C[C@H]2[C@]1(C)O.O. The van der Waals surface area contributed by atoms with Gasteiger partial charge in [0.05, 0.1) is 0 Å². The van der Waals surface area contributed by atoms with E-state index in [4.69, 9.17) is 9.47 Å². The summed E-state index contributed by atoms with van der Waals surface area (Å²) in [5.41, 5.74) is 0.944. The van der Waals surface area contributed by atoms with Crippen molar-refractivity contribution in [2.24, 2.45) is 11.3 Å². The van der Waals surface area contributed by atoms with Gasteiger partial charge in [-0.25, -0.2) is 9.59 Å². The molecule has 0 amide bonds. The molecule has 2 aliphatic carbocycles. The summed E-state index contributed by atoms with van der Waals surface area (Å²) in [5, 5.41) is 11.3. The highest BCUT2D eigenvalue weighted by molar-refractivity contribution is 5.91. The van der Waals surface area contributed by atoms with Crippen LogP contribution >= 0.6 is 0 Å². The van der Waals surface area contributed by atoms with Crippen LogP contribution in [-0.2, 0) is 19.1 Å². The van der Waals surface area contributed by atoms with Crippen molar-refractivity contribution in [2.45, 2.75) is 78.1 Å². The minimum Gasteiger partial charge on any atom is -0.456 e. The second-order valence-corrected chi connectivity index (χ2v) is 8.29. The third kappa shape index (κ3) is 3.09. The van der Waals surface area contributed by atoms with Crippen LogP contribution in [0, 0.1) is 11.3 Å². The number of rotatable bonds is 2. The van der Waals surface area contributed by atoms with Gasteiger partial charge in [0.15, 0.2) is 0 Å². The van der Waals surface area contributed by atoms with Crippen LogP contribution < -0.4 is 0 Å². The van der Waals surface area contributed by atoms with Gasteiger partial charge in [0.1, 0.15) is 17.8 Å². The molecule has 26 heavy (non-hydrogen) atoms. The molecule has 0 aromatic rings. The Morgan fingerprint density at radius 1 is 1.38 bits per heavy atom. The molecule has 0 aromatic carbocycles. The van der Waals surface area contributed by atoms with Gasteiger partial charge >= 0.3 is 11.9 Å². The summed E-state index contributed by atoms with van der Waals surface area (Å²) in [6, 6.07) is 0. The van der Waals surface area contributed by atoms with Crippen LogP contribution in [0.2, 0.25) is 0 Å². The van der Waals surface area contributed by atoms with E-state index in [1.807, 2.05) is 0 Å². The maximum absolute atomic E-state index is 12.2. The molecule has 0 saturated heterocycles. The van der Waals surface area contributed by atoms with Crippen LogP contribution in [0.25, 0.3) is 0 Å². The van der Waals surface area contributed by atoms with E-state index < -0.39 is 11.7 Å². The van der Waals surface area contributed by atoms with Crippen molar-refractivity contribution in [1.29, 1.82) is 0 Å². The molecular formula is C20H30O6. The van der Waals surface area contributed by atoms with Crippen LogP contribution in [0.3, 0.4) is 0 Å². The predicted octanol–water partition coefficient (Wildman–Crippen LogP) is 2.24. The lowest BCUT2D eigenvalue weighted by atomic mass is 9.53. The molecule has 0 aromatic heterocycles. The monoisotopic (exact) mass is 366 g/mol. The quantitative estimate of drug-likeness (QED) is 0.596. The first-order chi connectivity index (χ1) is 11.6. The smallest absolute Gasteiger partial charge is 0.334 e. The summed E-state index contributed by atoms with van der Waals surface area (Å²) in [6.45, 7) is 9.22. The van der Waals surface area contributed by atoms with Crippen molar-refractivity contribution in [3.63, 3.8) is 0 Å². The number of ether oxygens (including phenoxy) is 2. The number of carbonyl (C=O) groups is 2. The zero-order valence-corrected chi connectivity index (χ0v) is 16.2. The van der Waals surface area contributed by atoms with Gasteiger partial charge in [0.2, 0.25) is 0 Å². The van der Waals surface area contributed by atoms with E-state index >= 15 is 0 Å². The van der Waals surface area contributed by atoms with Crippen molar-refractivity contribution >= 4 is 11.9 Å². The fourth-order valence-corrected chi connectivity index (χ4v) is 4.83. The Balaban J connectivity index is 0.00000243. The molecule has 6 heteroatoms. The largest absolute Gasteiger partial charge is 0.456 e. The molecule has 6 nitrogen and oxygen atoms in total. The highest BCUT2D eigenvalue weighted by Crippen LogP contribution is 2.57. The van der Waals surface area contributed by atoms with E-state index in [0.717, 1.165) is 18.4 Å². The third-order valence-electron chi connectivity index (χ3n) is 6.68. The Morgan fingerprint density at radius 2 is 2.04 bits per heavy atom. The van der Waals surface area contributed by atoms with Crippen molar-refractivity contribution in [2.75, 3.05) is 0 Å². The second-order valence-electron chi connectivity index (χ2n) is 8.29. The highest BCUT2D eigenvalue weighted by Gasteiger charge is 2.59. The molecule has 146 valence electrons. The molecule has 0 radical (unpaired) electrons. The normalized spacial score (nSPS) is 39.5. The fourth-order valence-electron chi connectivity index (χ4n) is 4.83. The maximum Gasteiger partial charge on any atom is 0.334 e. The van der Waals surface area contributed by atoms with Gasteiger partial charge in [-0.1, -0.05) is 13.0 Å². The minimum atomic E-state index is -1.14. The van der Waals surface area contributed by atoms with Crippen molar-refractivity contribution < 1.29 is 29.6 Å². The number of carbonyl (C=O) groups excluding carboxylic acids is 2. The number of allylic oxidation sites excluding steroid dienone is 1. The van der Waals surface area contributed by atoms with E-state index in [1.54, 1.807) is 33.8 Å². The summed E-state index contributed by atoms with van der Waals surface area (Å²) in [5.74, 6) is -0.693. The molecule has 0 unspecified atom stereocenters. The molecule has 3 aliphatic rings. The van der Waals surface area contributed by atoms with Gasteiger partial charge in [0, 0.05) is 17.1 Å². The molecule has 1 aliphatic heterocycles. The first-order valence-electron chi connectivity index (χ1n) is 9.07. The number of aliphatic hydroxyl groups is 1. The van der Waals surface area contributed by atoms with Crippen LogP contribution in [0.4, 0.5) is 0 Å². The summed E-state index contributed by atoms with van der Waals surface area (Å²) in [4.78, 5) is 24.1. The molecule has 2 fully saturated rings. The lowest BCUT2D eigenvalue weighted by Crippen LogP contribution is -2.60. The molecule has 3 rings (SSSR count). The van der Waals surface area contributed by atoms with Gasteiger partial charge in [-0.05, 0) is 64.4 Å². The summed E-state index contributed by atoms with van der Waals surface area (Å²) >= 11 is 0. The number of hydrogen-bond acceptors (Lipinski definition) is 5. The minimum absolute atomic E-state index is 0. The number of esters is 2. The Morgan fingerprint density at radius 3 is 2.65 bits per heavy atom. The van der Waals surface area contributed by atoms with E-state index in [0.29, 0.717) is 24.0 Å². The van der Waals surface area contributed by atoms with Crippen molar-refractivity contribution in [3.8, 4) is 0 Å². The van der Waals surface area contributed by atoms with Crippen LogP contribution in [0.1, 0.15) is 60.3 Å². The highest BCUT2D eigenvalue weighted by atomic mass is 16.6. The van der Waals surface area contributed by atoms with E-state index in [-0.39, 0.29) is 34.9 Å². The molecular weight excluding hydrogens is 336 g/mol. The lowest BCUT2D eigenvalue weighted by Gasteiger charge is -2.56. The average Bonchev–Trinajstić information content (AvgIpc) is 2.81. The van der Waals surface area contributed by atoms with Crippen molar-refractivity contribution in [1.82, 2.24) is 0 Å². The Hall–Kier alpha value is -1.66. The molecule has 3 N–H and O–H groups in total. The summed E-state index contributed by atoms with van der Waals surface area (Å²) in [7, 11) is 0. The summed E-state index contributed by atoms with van der Waals surface area (Å²) in [6.07, 6.45) is 3.80. The molecule has 5 atom stereocenters. The third-order valence-corrected chi connectivity index (χ3v) is 6.68. The molecule has 1 heterocycles.